The molecule has 0 fully saturated rings. The van der Waals surface area contributed by atoms with Gasteiger partial charge in [-0.1, -0.05) is 12.1 Å². The van der Waals surface area contributed by atoms with Crippen LogP contribution in [0.4, 0.5) is 0 Å². The molecule has 0 unspecified atom stereocenters. The molecule has 0 aliphatic rings. The molecule has 0 spiro atoms. The zero-order chi connectivity index (χ0) is 14.9. The summed E-state index contributed by atoms with van der Waals surface area (Å²) < 4.78 is 12.0. The third-order valence-electron chi connectivity index (χ3n) is 2.79. The van der Waals surface area contributed by atoms with Crippen LogP contribution in [0.2, 0.25) is 0 Å². The molecular formula is C16H19BrN2O2. The largest absolute Gasteiger partial charge is 0.493 e. The summed E-state index contributed by atoms with van der Waals surface area (Å²) >= 11 is 3.52. The lowest BCUT2D eigenvalue weighted by Gasteiger charge is -2.09. The molecule has 1 heterocycles. The first-order valence-corrected chi connectivity index (χ1v) is 7.74. The summed E-state index contributed by atoms with van der Waals surface area (Å²) in [5.74, 6) is 1.53. The fourth-order valence-electron chi connectivity index (χ4n) is 1.82. The molecule has 2 aromatic rings. The van der Waals surface area contributed by atoms with Gasteiger partial charge in [-0.2, -0.15) is 0 Å². The van der Waals surface area contributed by atoms with Crippen molar-refractivity contribution in [1.29, 1.82) is 0 Å². The smallest absolute Gasteiger partial charge is 0.213 e. The minimum atomic E-state index is 0.592. The lowest BCUT2D eigenvalue weighted by atomic mass is 10.2. The standard InChI is InChI=1S/C16H19BrN2O2/c1-2-20-15-7-6-13(11-14(15)17)12-18-9-10-21-16-5-3-4-8-19-16/h3-8,11,18H,2,9-10,12H2,1H3. The molecule has 0 aliphatic carbocycles. The van der Waals surface area contributed by atoms with Crippen LogP contribution >= 0.6 is 15.9 Å². The van der Waals surface area contributed by atoms with E-state index in [4.69, 9.17) is 9.47 Å². The van der Waals surface area contributed by atoms with Crippen LogP contribution < -0.4 is 14.8 Å². The number of hydrogen-bond donors (Lipinski definition) is 1. The van der Waals surface area contributed by atoms with Crippen molar-refractivity contribution in [2.45, 2.75) is 13.5 Å². The predicted octanol–water partition coefficient (Wildman–Crippen LogP) is 3.41. The summed E-state index contributed by atoms with van der Waals surface area (Å²) in [7, 11) is 0. The molecule has 0 saturated carbocycles. The van der Waals surface area contributed by atoms with Crippen molar-refractivity contribution in [2.75, 3.05) is 19.8 Å². The zero-order valence-corrected chi connectivity index (χ0v) is 13.6. The molecule has 1 aromatic heterocycles. The molecule has 0 atom stereocenters. The fraction of sp³-hybridized carbons (Fsp3) is 0.312. The van der Waals surface area contributed by atoms with Crippen molar-refractivity contribution < 1.29 is 9.47 Å². The molecule has 21 heavy (non-hydrogen) atoms. The average Bonchev–Trinajstić information content (AvgIpc) is 2.51. The number of pyridine rings is 1. The number of rotatable bonds is 8. The second-order valence-electron chi connectivity index (χ2n) is 4.39. The van der Waals surface area contributed by atoms with E-state index in [9.17, 15) is 0 Å². The average molecular weight is 351 g/mol. The van der Waals surface area contributed by atoms with Gasteiger partial charge in [0.2, 0.25) is 5.88 Å². The Kier molecular flexibility index (Phi) is 6.50. The highest BCUT2D eigenvalue weighted by molar-refractivity contribution is 9.10. The first-order valence-electron chi connectivity index (χ1n) is 6.95. The monoisotopic (exact) mass is 350 g/mol. The molecule has 0 radical (unpaired) electrons. The van der Waals surface area contributed by atoms with Crippen molar-refractivity contribution in [3.05, 3.63) is 52.6 Å². The number of hydrogen-bond acceptors (Lipinski definition) is 4. The van der Waals surface area contributed by atoms with Crippen LogP contribution in [0.5, 0.6) is 11.6 Å². The number of nitrogens with zero attached hydrogens (tertiary/aromatic N) is 1. The third-order valence-corrected chi connectivity index (χ3v) is 3.41. The van der Waals surface area contributed by atoms with E-state index in [0.717, 1.165) is 23.3 Å². The Labute approximate surface area is 133 Å². The van der Waals surface area contributed by atoms with E-state index in [0.29, 0.717) is 19.1 Å². The highest BCUT2D eigenvalue weighted by Crippen LogP contribution is 2.25. The number of benzene rings is 1. The van der Waals surface area contributed by atoms with Crippen LogP contribution in [0, 0.1) is 0 Å². The van der Waals surface area contributed by atoms with Gasteiger partial charge in [0, 0.05) is 25.4 Å². The summed E-state index contributed by atoms with van der Waals surface area (Å²) in [4.78, 5) is 4.10. The maximum Gasteiger partial charge on any atom is 0.213 e. The Balaban J connectivity index is 1.70. The summed E-state index contributed by atoms with van der Waals surface area (Å²) in [5.41, 5.74) is 1.20. The normalized spacial score (nSPS) is 10.4. The first-order chi connectivity index (χ1) is 10.3. The van der Waals surface area contributed by atoms with Gasteiger partial charge in [0.25, 0.3) is 0 Å². The molecule has 112 valence electrons. The molecule has 5 heteroatoms. The van der Waals surface area contributed by atoms with Crippen LogP contribution in [-0.4, -0.2) is 24.7 Å². The van der Waals surface area contributed by atoms with Gasteiger partial charge >= 0.3 is 0 Å². The topological polar surface area (TPSA) is 43.4 Å². The van der Waals surface area contributed by atoms with Gasteiger partial charge in [-0.15, -0.1) is 0 Å². The summed E-state index contributed by atoms with van der Waals surface area (Å²) in [6.45, 7) is 4.79. The minimum absolute atomic E-state index is 0.592. The van der Waals surface area contributed by atoms with Crippen molar-refractivity contribution in [3.63, 3.8) is 0 Å². The van der Waals surface area contributed by atoms with E-state index in [1.54, 1.807) is 6.20 Å². The van der Waals surface area contributed by atoms with E-state index >= 15 is 0 Å². The van der Waals surface area contributed by atoms with Gasteiger partial charge in [0.05, 0.1) is 11.1 Å². The van der Waals surface area contributed by atoms with Crippen molar-refractivity contribution >= 4 is 15.9 Å². The summed E-state index contributed by atoms with van der Waals surface area (Å²) in [6, 6.07) is 11.7. The van der Waals surface area contributed by atoms with Crippen LogP contribution in [0.25, 0.3) is 0 Å². The van der Waals surface area contributed by atoms with Gasteiger partial charge in [-0.05, 0) is 46.6 Å². The Morgan fingerprint density at radius 1 is 1.19 bits per heavy atom. The molecule has 2 rings (SSSR count). The lowest BCUT2D eigenvalue weighted by molar-refractivity contribution is 0.302. The Morgan fingerprint density at radius 3 is 2.81 bits per heavy atom. The zero-order valence-electron chi connectivity index (χ0n) is 12.0. The molecule has 1 N–H and O–H groups in total. The SMILES string of the molecule is CCOc1ccc(CNCCOc2ccccn2)cc1Br. The van der Waals surface area contributed by atoms with Crippen LogP contribution in [0.1, 0.15) is 12.5 Å². The highest BCUT2D eigenvalue weighted by Gasteiger charge is 2.02. The Hall–Kier alpha value is -1.59. The van der Waals surface area contributed by atoms with E-state index in [-0.39, 0.29) is 0 Å². The fourth-order valence-corrected chi connectivity index (χ4v) is 2.36. The van der Waals surface area contributed by atoms with Crippen molar-refractivity contribution in [1.82, 2.24) is 10.3 Å². The molecule has 0 aliphatic heterocycles. The Morgan fingerprint density at radius 2 is 2.10 bits per heavy atom. The van der Waals surface area contributed by atoms with E-state index < -0.39 is 0 Å². The van der Waals surface area contributed by atoms with Gasteiger partial charge in [0.1, 0.15) is 12.4 Å². The number of aromatic nitrogens is 1. The molecule has 0 amide bonds. The lowest BCUT2D eigenvalue weighted by Crippen LogP contribution is -2.20. The minimum Gasteiger partial charge on any atom is -0.493 e. The first kappa shape index (κ1) is 15.8. The van der Waals surface area contributed by atoms with Gasteiger partial charge in [-0.3, -0.25) is 0 Å². The summed E-state index contributed by atoms with van der Waals surface area (Å²) in [5, 5.41) is 3.34. The molecular weight excluding hydrogens is 332 g/mol. The van der Waals surface area contributed by atoms with Crippen LogP contribution in [-0.2, 0) is 6.54 Å². The van der Waals surface area contributed by atoms with Gasteiger partial charge in [0.15, 0.2) is 0 Å². The van der Waals surface area contributed by atoms with Crippen molar-refractivity contribution in [2.24, 2.45) is 0 Å². The molecule has 0 saturated heterocycles. The number of halogens is 1. The van der Waals surface area contributed by atoms with Crippen molar-refractivity contribution in [3.8, 4) is 11.6 Å². The molecule has 4 nitrogen and oxygen atoms in total. The Bertz CT molecular complexity index is 549. The molecule has 0 bridgehead atoms. The second-order valence-corrected chi connectivity index (χ2v) is 5.25. The van der Waals surface area contributed by atoms with Crippen LogP contribution in [0.3, 0.4) is 0 Å². The van der Waals surface area contributed by atoms with E-state index in [2.05, 4.69) is 38.4 Å². The third kappa shape index (κ3) is 5.36. The van der Waals surface area contributed by atoms with Gasteiger partial charge in [-0.25, -0.2) is 4.98 Å². The maximum atomic E-state index is 5.52. The molecule has 1 aromatic carbocycles. The predicted molar refractivity (Wildman–Crippen MR) is 86.7 cm³/mol. The number of nitrogens with one attached hydrogen (secondary N) is 1. The maximum absolute atomic E-state index is 5.52. The van der Waals surface area contributed by atoms with E-state index in [1.807, 2.05) is 31.2 Å². The van der Waals surface area contributed by atoms with E-state index in [1.165, 1.54) is 5.56 Å². The highest BCUT2D eigenvalue weighted by atomic mass is 79.9. The second kappa shape index (κ2) is 8.64. The van der Waals surface area contributed by atoms with Crippen LogP contribution in [0.15, 0.2) is 47.1 Å². The number of ether oxygens (including phenoxy) is 2. The quantitative estimate of drug-likeness (QED) is 0.741. The van der Waals surface area contributed by atoms with Gasteiger partial charge < -0.3 is 14.8 Å². The summed E-state index contributed by atoms with van der Waals surface area (Å²) in [6.07, 6.45) is 1.72.